The van der Waals surface area contributed by atoms with Gasteiger partial charge in [-0.2, -0.15) is 0 Å². The van der Waals surface area contributed by atoms with Crippen LogP contribution in [0.5, 0.6) is 0 Å². The second-order valence-corrected chi connectivity index (χ2v) is 2.64. The molecule has 1 unspecified atom stereocenters. The zero-order valence-electron chi connectivity index (χ0n) is 7.23. The van der Waals surface area contributed by atoms with Crippen LogP contribution in [0.25, 0.3) is 0 Å². The number of hydrogen-bond donors (Lipinski definition) is 0. The number of carbonyl (C=O) groups is 1. The third-order valence-electron chi connectivity index (χ3n) is 1.72. The van der Waals surface area contributed by atoms with Gasteiger partial charge < -0.3 is 9.30 Å². The van der Waals surface area contributed by atoms with Crippen LogP contribution in [-0.4, -0.2) is 22.6 Å². The number of rotatable bonds is 3. The van der Waals surface area contributed by atoms with Crippen molar-refractivity contribution in [2.24, 2.45) is 0 Å². The van der Waals surface area contributed by atoms with E-state index in [1.165, 1.54) is 7.11 Å². The third kappa shape index (κ3) is 2.08. The fourth-order valence-corrected chi connectivity index (χ4v) is 0.960. The second kappa shape index (κ2) is 3.90. The summed E-state index contributed by atoms with van der Waals surface area (Å²) in [6.45, 7) is 1.94. The predicted octanol–water partition coefficient (Wildman–Crippen LogP) is 1.01. The molecule has 0 amide bonds. The molecule has 4 heteroatoms. The van der Waals surface area contributed by atoms with E-state index in [-0.39, 0.29) is 12.0 Å². The quantitative estimate of drug-likeness (QED) is 0.632. The Hall–Kier alpha value is -1.32. The molecule has 1 heterocycles. The molecule has 66 valence electrons. The normalized spacial score (nSPS) is 12.5. The molecule has 0 N–H and O–H groups in total. The lowest BCUT2D eigenvalue weighted by molar-refractivity contribution is -0.141. The van der Waals surface area contributed by atoms with Crippen molar-refractivity contribution < 1.29 is 9.53 Å². The van der Waals surface area contributed by atoms with Crippen LogP contribution in [-0.2, 0) is 9.53 Å². The summed E-state index contributed by atoms with van der Waals surface area (Å²) in [5.41, 5.74) is 0. The van der Waals surface area contributed by atoms with Crippen LogP contribution in [0.1, 0.15) is 19.4 Å². The number of nitrogens with zero attached hydrogens (tertiary/aromatic N) is 2. The van der Waals surface area contributed by atoms with Crippen molar-refractivity contribution in [3.63, 3.8) is 0 Å². The first-order valence-electron chi connectivity index (χ1n) is 3.78. The number of esters is 1. The van der Waals surface area contributed by atoms with Gasteiger partial charge in [0.15, 0.2) is 0 Å². The maximum Gasteiger partial charge on any atom is 0.307 e. The molecule has 0 saturated carbocycles. The van der Waals surface area contributed by atoms with E-state index in [0.717, 1.165) is 0 Å². The smallest absolute Gasteiger partial charge is 0.307 e. The lowest BCUT2D eigenvalue weighted by atomic mass is 10.2. The van der Waals surface area contributed by atoms with E-state index in [4.69, 9.17) is 0 Å². The number of ether oxygens (including phenoxy) is 1. The van der Waals surface area contributed by atoms with Gasteiger partial charge in [0.2, 0.25) is 0 Å². The van der Waals surface area contributed by atoms with Crippen molar-refractivity contribution in [2.75, 3.05) is 7.11 Å². The highest BCUT2D eigenvalue weighted by molar-refractivity contribution is 5.69. The van der Waals surface area contributed by atoms with Gasteiger partial charge in [0, 0.05) is 18.4 Å². The van der Waals surface area contributed by atoms with Crippen LogP contribution in [0.15, 0.2) is 18.7 Å². The van der Waals surface area contributed by atoms with Crippen LogP contribution in [0.2, 0.25) is 0 Å². The summed E-state index contributed by atoms with van der Waals surface area (Å²) >= 11 is 0. The summed E-state index contributed by atoms with van der Waals surface area (Å²) in [6, 6.07) is 0.111. The maximum absolute atomic E-state index is 10.9. The molecule has 0 aliphatic heterocycles. The van der Waals surface area contributed by atoms with Crippen molar-refractivity contribution in [2.45, 2.75) is 19.4 Å². The Morgan fingerprint density at radius 1 is 1.75 bits per heavy atom. The van der Waals surface area contributed by atoms with E-state index in [0.29, 0.717) is 6.42 Å². The van der Waals surface area contributed by atoms with Gasteiger partial charge in [-0.05, 0) is 6.92 Å². The fourth-order valence-electron chi connectivity index (χ4n) is 0.960. The maximum atomic E-state index is 10.9. The highest BCUT2D eigenvalue weighted by atomic mass is 16.5. The number of methoxy groups -OCH3 is 1. The van der Waals surface area contributed by atoms with Crippen LogP contribution in [0.3, 0.4) is 0 Å². The topological polar surface area (TPSA) is 44.1 Å². The van der Waals surface area contributed by atoms with Crippen LogP contribution in [0, 0.1) is 0 Å². The van der Waals surface area contributed by atoms with Crippen molar-refractivity contribution >= 4 is 5.97 Å². The first-order valence-corrected chi connectivity index (χ1v) is 3.78. The number of aromatic nitrogens is 2. The van der Waals surface area contributed by atoms with E-state index >= 15 is 0 Å². The van der Waals surface area contributed by atoms with Gasteiger partial charge in [-0.1, -0.05) is 0 Å². The minimum Gasteiger partial charge on any atom is -0.469 e. The molecule has 1 rings (SSSR count). The van der Waals surface area contributed by atoms with Crippen LogP contribution in [0.4, 0.5) is 0 Å². The van der Waals surface area contributed by atoms with Crippen molar-refractivity contribution in [3.8, 4) is 0 Å². The Morgan fingerprint density at radius 2 is 2.50 bits per heavy atom. The Balaban J connectivity index is 2.49. The predicted molar refractivity (Wildman–Crippen MR) is 43.6 cm³/mol. The molecule has 0 aliphatic carbocycles. The molecule has 0 spiro atoms. The Bertz CT molecular complexity index is 244. The van der Waals surface area contributed by atoms with Crippen molar-refractivity contribution in [1.82, 2.24) is 9.55 Å². The minimum atomic E-state index is -0.198. The van der Waals surface area contributed by atoms with E-state index in [9.17, 15) is 4.79 Å². The SMILES string of the molecule is COC(=O)CC(C)n1ccnc1. The Morgan fingerprint density at radius 3 is 3.00 bits per heavy atom. The lowest BCUT2D eigenvalue weighted by Gasteiger charge is -2.10. The van der Waals surface area contributed by atoms with Gasteiger partial charge in [-0.25, -0.2) is 4.98 Å². The van der Waals surface area contributed by atoms with Crippen molar-refractivity contribution in [3.05, 3.63) is 18.7 Å². The molecule has 0 fully saturated rings. The van der Waals surface area contributed by atoms with E-state index < -0.39 is 0 Å². The minimum absolute atomic E-state index is 0.111. The zero-order chi connectivity index (χ0) is 8.97. The number of hydrogen-bond acceptors (Lipinski definition) is 3. The van der Waals surface area contributed by atoms with E-state index in [1.54, 1.807) is 12.5 Å². The van der Waals surface area contributed by atoms with Gasteiger partial charge >= 0.3 is 5.97 Å². The van der Waals surface area contributed by atoms with Gasteiger partial charge in [0.25, 0.3) is 0 Å². The summed E-state index contributed by atoms with van der Waals surface area (Å²) in [5, 5.41) is 0. The summed E-state index contributed by atoms with van der Waals surface area (Å²) in [4.78, 5) is 14.7. The third-order valence-corrected chi connectivity index (χ3v) is 1.72. The van der Waals surface area contributed by atoms with E-state index in [1.807, 2.05) is 17.7 Å². The average molecular weight is 168 g/mol. The summed E-state index contributed by atoms with van der Waals surface area (Å²) < 4.78 is 6.42. The highest BCUT2D eigenvalue weighted by Crippen LogP contribution is 2.09. The molecule has 0 aromatic carbocycles. The zero-order valence-corrected chi connectivity index (χ0v) is 7.23. The van der Waals surface area contributed by atoms with Gasteiger partial charge in [0.05, 0.1) is 19.9 Å². The van der Waals surface area contributed by atoms with Crippen LogP contribution < -0.4 is 0 Å². The lowest BCUT2D eigenvalue weighted by Crippen LogP contribution is -2.10. The molecule has 0 radical (unpaired) electrons. The van der Waals surface area contributed by atoms with Gasteiger partial charge in [-0.15, -0.1) is 0 Å². The Labute approximate surface area is 71.2 Å². The van der Waals surface area contributed by atoms with Crippen LogP contribution >= 0.6 is 0 Å². The second-order valence-electron chi connectivity index (χ2n) is 2.64. The summed E-state index contributed by atoms with van der Waals surface area (Å²) in [5.74, 6) is -0.198. The molecular weight excluding hydrogens is 156 g/mol. The fraction of sp³-hybridized carbons (Fsp3) is 0.500. The van der Waals surface area contributed by atoms with Gasteiger partial charge in [0.1, 0.15) is 0 Å². The number of carbonyl (C=O) groups excluding carboxylic acids is 1. The van der Waals surface area contributed by atoms with Crippen molar-refractivity contribution in [1.29, 1.82) is 0 Å². The molecule has 4 nitrogen and oxygen atoms in total. The number of imidazole rings is 1. The highest BCUT2D eigenvalue weighted by Gasteiger charge is 2.09. The first kappa shape index (κ1) is 8.77. The molecule has 12 heavy (non-hydrogen) atoms. The molecule has 0 bridgehead atoms. The summed E-state index contributed by atoms with van der Waals surface area (Å²) in [7, 11) is 1.39. The largest absolute Gasteiger partial charge is 0.469 e. The Kier molecular flexibility index (Phi) is 2.85. The van der Waals surface area contributed by atoms with E-state index in [2.05, 4.69) is 9.72 Å². The standard InChI is InChI=1S/C8H12N2O2/c1-7(5-8(11)12-2)10-4-3-9-6-10/h3-4,6-7H,5H2,1-2H3. The molecule has 0 aliphatic rings. The molecule has 1 aromatic heterocycles. The average Bonchev–Trinajstić information content (AvgIpc) is 2.56. The molecule has 1 aromatic rings. The molecule has 0 saturated heterocycles. The first-order chi connectivity index (χ1) is 5.74. The molecule has 1 atom stereocenters. The molecular formula is C8H12N2O2. The summed E-state index contributed by atoms with van der Waals surface area (Å²) in [6.07, 6.45) is 5.59. The van der Waals surface area contributed by atoms with Gasteiger partial charge in [-0.3, -0.25) is 4.79 Å². The monoisotopic (exact) mass is 168 g/mol.